The Balaban J connectivity index is 1.87. The van der Waals surface area contributed by atoms with E-state index < -0.39 is 23.5 Å². The Morgan fingerprint density at radius 2 is 1.89 bits per heavy atom. The third kappa shape index (κ3) is 3.98. The Bertz CT molecular complexity index is 958. The smallest absolute Gasteiger partial charge is 0.419 e. The molecule has 2 N–H and O–H groups in total. The van der Waals surface area contributed by atoms with E-state index in [9.17, 15) is 18.3 Å². The van der Waals surface area contributed by atoms with Gasteiger partial charge >= 0.3 is 6.18 Å². The van der Waals surface area contributed by atoms with Gasteiger partial charge in [0.25, 0.3) is 0 Å². The zero-order chi connectivity index (χ0) is 19.6. The largest absolute Gasteiger partial charge is 0.507 e. The molecule has 0 aliphatic heterocycles. The van der Waals surface area contributed by atoms with E-state index in [1.807, 2.05) is 24.3 Å². The first-order chi connectivity index (χ1) is 12.8. The number of phenols is 1. The molecule has 27 heavy (non-hydrogen) atoms. The van der Waals surface area contributed by atoms with E-state index in [0.29, 0.717) is 12.4 Å². The van der Waals surface area contributed by atoms with Crippen LogP contribution >= 0.6 is 0 Å². The number of methoxy groups -OCH3 is 1. The number of aromatic nitrogens is 1. The molecule has 142 valence electrons. The summed E-state index contributed by atoms with van der Waals surface area (Å²) in [4.78, 5) is 4.38. The summed E-state index contributed by atoms with van der Waals surface area (Å²) in [6, 6.07) is 12.5. The fraction of sp³-hybridized carbons (Fsp3) is 0.250. The molecule has 0 amide bonds. The highest BCUT2D eigenvalue weighted by Gasteiger charge is 2.35. The van der Waals surface area contributed by atoms with E-state index in [1.54, 1.807) is 13.0 Å². The lowest BCUT2D eigenvalue weighted by molar-refractivity contribution is -0.138. The van der Waals surface area contributed by atoms with Crippen molar-refractivity contribution < 1.29 is 23.0 Å². The van der Waals surface area contributed by atoms with Gasteiger partial charge in [0.1, 0.15) is 5.75 Å². The molecule has 0 fully saturated rings. The molecule has 3 aromatic rings. The maximum atomic E-state index is 13.0. The third-order valence-electron chi connectivity index (χ3n) is 4.43. The molecular weight excluding hydrogens is 357 g/mol. The summed E-state index contributed by atoms with van der Waals surface area (Å²) in [5.41, 5.74) is 0.818. The van der Waals surface area contributed by atoms with Gasteiger partial charge in [0.2, 0.25) is 5.88 Å². The Morgan fingerprint density at radius 3 is 2.59 bits per heavy atom. The SMILES string of the molecule is COc1cc(CNC(C)c2cccc(C(F)(F)F)c2O)c2ccccc2n1. The maximum absolute atomic E-state index is 13.0. The molecule has 0 aliphatic carbocycles. The molecule has 3 rings (SSSR count). The van der Waals surface area contributed by atoms with Crippen LogP contribution in [0.1, 0.15) is 29.7 Å². The molecule has 4 nitrogen and oxygen atoms in total. The molecule has 1 heterocycles. The highest BCUT2D eigenvalue weighted by Crippen LogP contribution is 2.39. The summed E-state index contributed by atoms with van der Waals surface area (Å²) in [5, 5.41) is 14.1. The molecule has 7 heteroatoms. The third-order valence-corrected chi connectivity index (χ3v) is 4.43. The first-order valence-electron chi connectivity index (χ1n) is 8.36. The number of benzene rings is 2. The Labute approximate surface area is 154 Å². The van der Waals surface area contributed by atoms with Crippen molar-refractivity contribution in [3.63, 3.8) is 0 Å². The Kier molecular flexibility index (Phi) is 5.23. The van der Waals surface area contributed by atoms with Crippen LogP contribution < -0.4 is 10.1 Å². The van der Waals surface area contributed by atoms with Crippen molar-refractivity contribution in [3.05, 3.63) is 65.2 Å². The van der Waals surface area contributed by atoms with Gasteiger partial charge in [0.15, 0.2) is 0 Å². The first kappa shape index (κ1) is 19.0. The molecule has 0 saturated carbocycles. The van der Waals surface area contributed by atoms with Crippen molar-refractivity contribution >= 4 is 10.9 Å². The molecule has 0 saturated heterocycles. The van der Waals surface area contributed by atoms with Crippen molar-refractivity contribution in [3.8, 4) is 11.6 Å². The van der Waals surface area contributed by atoms with Crippen LogP contribution in [0, 0.1) is 0 Å². The molecular formula is C20H19F3N2O2. The first-order valence-corrected chi connectivity index (χ1v) is 8.36. The number of ether oxygens (including phenoxy) is 1. The second-order valence-corrected chi connectivity index (χ2v) is 6.18. The van der Waals surface area contributed by atoms with Crippen molar-refractivity contribution in [2.45, 2.75) is 25.7 Å². The predicted molar refractivity (Wildman–Crippen MR) is 96.7 cm³/mol. The van der Waals surface area contributed by atoms with Crippen LogP contribution in [0.2, 0.25) is 0 Å². The van der Waals surface area contributed by atoms with Gasteiger partial charge < -0.3 is 15.2 Å². The van der Waals surface area contributed by atoms with Crippen molar-refractivity contribution in [1.29, 1.82) is 0 Å². The highest BCUT2D eigenvalue weighted by molar-refractivity contribution is 5.82. The van der Waals surface area contributed by atoms with E-state index in [2.05, 4.69) is 10.3 Å². The van der Waals surface area contributed by atoms with Gasteiger partial charge in [0, 0.05) is 29.6 Å². The lowest BCUT2D eigenvalue weighted by Gasteiger charge is -2.19. The second-order valence-electron chi connectivity index (χ2n) is 6.18. The number of hydrogen-bond donors (Lipinski definition) is 2. The minimum atomic E-state index is -4.60. The van der Waals surface area contributed by atoms with E-state index in [1.165, 1.54) is 19.2 Å². The quantitative estimate of drug-likeness (QED) is 0.670. The maximum Gasteiger partial charge on any atom is 0.419 e. The number of fused-ring (bicyclic) bond motifs is 1. The topological polar surface area (TPSA) is 54.4 Å². The summed E-state index contributed by atoms with van der Waals surface area (Å²) in [6.45, 7) is 2.08. The number of halogens is 3. The van der Waals surface area contributed by atoms with Gasteiger partial charge in [0.05, 0.1) is 18.2 Å². The molecule has 0 radical (unpaired) electrons. The summed E-state index contributed by atoms with van der Waals surface area (Å²) in [6.07, 6.45) is -4.60. The highest BCUT2D eigenvalue weighted by atomic mass is 19.4. The number of para-hydroxylation sites is 2. The van der Waals surface area contributed by atoms with Gasteiger partial charge in [-0.1, -0.05) is 30.3 Å². The number of alkyl halides is 3. The standard InChI is InChI=1S/C20H19F3N2O2/c1-12(14-7-5-8-16(19(14)26)20(21,22)23)24-11-13-10-18(27-2)25-17-9-4-3-6-15(13)17/h3-10,12,24,26H,11H2,1-2H3. The van der Waals surface area contributed by atoms with E-state index in [0.717, 1.165) is 22.5 Å². The number of hydrogen-bond acceptors (Lipinski definition) is 4. The van der Waals surface area contributed by atoms with E-state index >= 15 is 0 Å². The van der Waals surface area contributed by atoms with Crippen LogP contribution in [0.4, 0.5) is 13.2 Å². The van der Waals surface area contributed by atoms with Crippen LogP contribution in [0.3, 0.4) is 0 Å². The van der Waals surface area contributed by atoms with E-state index in [4.69, 9.17) is 4.74 Å². The van der Waals surface area contributed by atoms with E-state index in [-0.39, 0.29) is 5.56 Å². The summed E-state index contributed by atoms with van der Waals surface area (Å²) in [5.74, 6) is -0.290. The zero-order valence-electron chi connectivity index (χ0n) is 14.8. The van der Waals surface area contributed by atoms with Crippen molar-refractivity contribution in [2.75, 3.05) is 7.11 Å². The molecule has 0 aliphatic rings. The lowest BCUT2D eigenvalue weighted by atomic mass is 10.0. The number of aromatic hydroxyl groups is 1. The fourth-order valence-corrected chi connectivity index (χ4v) is 2.98. The molecule has 1 aromatic heterocycles. The average molecular weight is 376 g/mol. The van der Waals surface area contributed by atoms with Crippen LogP contribution in [0.5, 0.6) is 11.6 Å². The Hall–Kier alpha value is -2.80. The van der Waals surface area contributed by atoms with Gasteiger partial charge in [-0.3, -0.25) is 0 Å². The normalized spacial score (nSPS) is 12.9. The van der Waals surface area contributed by atoms with Crippen LogP contribution in [-0.2, 0) is 12.7 Å². The average Bonchev–Trinajstić information content (AvgIpc) is 2.64. The van der Waals surface area contributed by atoms with Crippen molar-refractivity contribution in [1.82, 2.24) is 10.3 Å². The fourth-order valence-electron chi connectivity index (χ4n) is 2.98. The van der Waals surface area contributed by atoms with Gasteiger partial charge in [-0.2, -0.15) is 13.2 Å². The monoisotopic (exact) mass is 376 g/mol. The van der Waals surface area contributed by atoms with Crippen LogP contribution in [0.25, 0.3) is 10.9 Å². The summed E-state index contributed by atoms with van der Waals surface area (Å²) < 4.78 is 44.2. The summed E-state index contributed by atoms with van der Waals surface area (Å²) >= 11 is 0. The van der Waals surface area contributed by atoms with Gasteiger partial charge in [-0.05, 0) is 24.6 Å². The second kappa shape index (κ2) is 7.44. The molecule has 0 bridgehead atoms. The Morgan fingerprint density at radius 1 is 1.15 bits per heavy atom. The lowest BCUT2D eigenvalue weighted by Crippen LogP contribution is -2.19. The van der Waals surface area contributed by atoms with Crippen LogP contribution in [0.15, 0.2) is 48.5 Å². The minimum Gasteiger partial charge on any atom is -0.507 e. The number of nitrogens with one attached hydrogen (secondary N) is 1. The van der Waals surface area contributed by atoms with Crippen molar-refractivity contribution in [2.24, 2.45) is 0 Å². The molecule has 1 unspecified atom stereocenters. The number of pyridine rings is 1. The predicted octanol–water partition coefficient (Wildman–Crippen LogP) is 4.82. The molecule has 2 aromatic carbocycles. The summed E-state index contributed by atoms with van der Waals surface area (Å²) in [7, 11) is 1.53. The number of nitrogens with zero attached hydrogens (tertiary/aromatic N) is 1. The number of rotatable bonds is 5. The minimum absolute atomic E-state index is 0.190. The number of phenolic OH excluding ortho intramolecular Hbond substituents is 1. The van der Waals surface area contributed by atoms with Gasteiger partial charge in [-0.25, -0.2) is 4.98 Å². The molecule has 1 atom stereocenters. The van der Waals surface area contributed by atoms with Crippen LogP contribution in [-0.4, -0.2) is 17.2 Å². The van der Waals surface area contributed by atoms with Gasteiger partial charge in [-0.15, -0.1) is 0 Å². The molecule has 0 spiro atoms. The zero-order valence-corrected chi connectivity index (χ0v) is 14.8.